The number of carbonyl (C=O) groups excluding carboxylic acids is 1. The summed E-state index contributed by atoms with van der Waals surface area (Å²) in [6.45, 7) is 0.0850. The number of benzene rings is 3. The first-order valence-corrected chi connectivity index (χ1v) is 11.5. The summed E-state index contributed by atoms with van der Waals surface area (Å²) in [5.41, 5.74) is 1.11. The molecule has 0 aromatic heterocycles. The average Bonchev–Trinajstić information content (AvgIpc) is 2.76. The summed E-state index contributed by atoms with van der Waals surface area (Å²) >= 11 is 18.0. The molecule has 0 heterocycles. The van der Waals surface area contributed by atoms with E-state index in [1.165, 1.54) is 37.4 Å². The van der Waals surface area contributed by atoms with Crippen molar-refractivity contribution in [3.63, 3.8) is 0 Å². The van der Waals surface area contributed by atoms with Crippen LogP contribution in [0, 0.1) is 0 Å². The van der Waals surface area contributed by atoms with Crippen LogP contribution in [0.1, 0.15) is 15.9 Å². The van der Waals surface area contributed by atoms with Crippen LogP contribution < -0.4 is 14.8 Å². The van der Waals surface area contributed by atoms with Crippen molar-refractivity contribution in [1.82, 2.24) is 4.72 Å². The van der Waals surface area contributed by atoms with Crippen LogP contribution in [0.4, 0.5) is 5.69 Å². The molecule has 3 rings (SSSR count). The van der Waals surface area contributed by atoms with Gasteiger partial charge in [-0.3, -0.25) is 4.79 Å². The maximum atomic E-state index is 12.9. The molecule has 31 heavy (non-hydrogen) atoms. The van der Waals surface area contributed by atoms with Crippen LogP contribution in [-0.2, 0) is 16.6 Å². The molecule has 3 aromatic rings. The Morgan fingerprint density at radius 1 is 0.935 bits per heavy atom. The topological polar surface area (TPSA) is 84.5 Å². The first kappa shape index (κ1) is 23.4. The van der Waals surface area contributed by atoms with Crippen molar-refractivity contribution in [2.24, 2.45) is 0 Å². The van der Waals surface area contributed by atoms with E-state index in [1.807, 2.05) is 18.2 Å². The average molecular weight is 500 g/mol. The van der Waals surface area contributed by atoms with Crippen LogP contribution in [0.5, 0.6) is 5.75 Å². The molecule has 0 saturated heterocycles. The number of ether oxygens (including phenoxy) is 1. The van der Waals surface area contributed by atoms with Gasteiger partial charge >= 0.3 is 0 Å². The quantitative estimate of drug-likeness (QED) is 0.427. The Labute approximate surface area is 195 Å². The Balaban J connectivity index is 1.87. The molecule has 0 fully saturated rings. The zero-order chi connectivity index (χ0) is 22.6. The molecule has 162 valence electrons. The number of halogens is 3. The van der Waals surface area contributed by atoms with Crippen molar-refractivity contribution in [1.29, 1.82) is 0 Å². The lowest BCUT2D eigenvalue weighted by molar-refractivity contribution is 0.102. The number of anilines is 1. The van der Waals surface area contributed by atoms with Crippen LogP contribution in [0.2, 0.25) is 15.1 Å². The van der Waals surface area contributed by atoms with Crippen molar-refractivity contribution in [2.45, 2.75) is 11.4 Å². The number of methoxy groups -OCH3 is 1. The number of amides is 1. The maximum Gasteiger partial charge on any atom is 0.255 e. The molecule has 0 aliphatic rings. The van der Waals surface area contributed by atoms with Gasteiger partial charge < -0.3 is 10.1 Å². The molecule has 1 amide bonds. The number of hydrogen-bond acceptors (Lipinski definition) is 4. The van der Waals surface area contributed by atoms with E-state index in [2.05, 4.69) is 10.0 Å². The lowest BCUT2D eigenvalue weighted by atomic mass is 10.2. The Kier molecular flexibility index (Phi) is 7.46. The lowest BCUT2D eigenvalue weighted by Crippen LogP contribution is -2.24. The summed E-state index contributed by atoms with van der Waals surface area (Å²) in [7, 11) is -2.62. The van der Waals surface area contributed by atoms with Gasteiger partial charge in [-0.1, -0.05) is 65.1 Å². The standard InChI is InChI=1S/C21H17Cl3N2O4S/c1-30-19-8-7-14(21(27)26-18-11-16(23)15(22)10-17(18)24)9-20(19)31(28,29)25-12-13-5-3-2-4-6-13/h2-11,25H,12H2,1H3,(H,26,27). The smallest absolute Gasteiger partial charge is 0.255 e. The molecule has 0 spiro atoms. The van der Waals surface area contributed by atoms with Gasteiger partial charge in [0, 0.05) is 12.1 Å². The van der Waals surface area contributed by atoms with E-state index >= 15 is 0 Å². The Bertz CT molecular complexity index is 1220. The van der Waals surface area contributed by atoms with Crippen LogP contribution >= 0.6 is 34.8 Å². The van der Waals surface area contributed by atoms with Crippen LogP contribution in [0.15, 0.2) is 65.6 Å². The molecular formula is C21H17Cl3N2O4S. The molecule has 2 N–H and O–H groups in total. The lowest BCUT2D eigenvalue weighted by Gasteiger charge is -2.13. The summed E-state index contributed by atoms with van der Waals surface area (Å²) in [5, 5.41) is 3.24. The van der Waals surface area contributed by atoms with E-state index in [9.17, 15) is 13.2 Å². The van der Waals surface area contributed by atoms with Gasteiger partial charge in [0.2, 0.25) is 10.0 Å². The Morgan fingerprint density at radius 3 is 2.29 bits per heavy atom. The van der Waals surface area contributed by atoms with E-state index in [1.54, 1.807) is 12.1 Å². The minimum Gasteiger partial charge on any atom is -0.495 e. The molecule has 10 heteroatoms. The summed E-state index contributed by atoms with van der Waals surface area (Å²) in [5.74, 6) is -0.480. The Hall–Kier alpha value is -2.29. The van der Waals surface area contributed by atoms with Gasteiger partial charge in [0.1, 0.15) is 10.6 Å². The van der Waals surface area contributed by atoms with Gasteiger partial charge in [0.15, 0.2) is 0 Å². The minimum atomic E-state index is -3.97. The molecule has 0 radical (unpaired) electrons. The van der Waals surface area contributed by atoms with Crippen molar-refractivity contribution in [3.8, 4) is 5.75 Å². The number of sulfonamides is 1. The first-order valence-electron chi connectivity index (χ1n) is 8.89. The van der Waals surface area contributed by atoms with E-state index in [0.29, 0.717) is 0 Å². The minimum absolute atomic E-state index is 0.0850. The third kappa shape index (κ3) is 5.70. The highest BCUT2D eigenvalue weighted by atomic mass is 35.5. The second kappa shape index (κ2) is 9.89. The summed E-state index contributed by atoms with van der Waals surface area (Å²) < 4.78 is 33.5. The zero-order valence-electron chi connectivity index (χ0n) is 16.2. The van der Waals surface area contributed by atoms with Gasteiger partial charge in [-0.15, -0.1) is 0 Å². The molecular weight excluding hydrogens is 483 g/mol. The van der Waals surface area contributed by atoms with E-state index in [0.717, 1.165) is 5.56 Å². The SMILES string of the molecule is COc1ccc(C(=O)Nc2cc(Cl)c(Cl)cc2Cl)cc1S(=O)(=O)NCc1ccccc1. The molecule has 0 unspecified atom stereocenters. The second-order valence-electron chi connectivity index (χ2n) is 6.38. The summed E-state index contributed by atoms with van der Waals surface area (Å²) in [6, 6.07) is 15.9. The Morgan fingerprint density at radius 2 is 1.61 bits per heavy atom. The molecule has 3 aromatic carbocycles. The van der Waals surface area contributed by atoms with Crippen LogP contribution in [-0.4, -0.2) is 21.4 Å². The molecule has 0 aliphatic heterocycles. The molecule has 0 atom stereocenters. The fraction of sp³-hybridized carbons (Fsp3) is 0.0952. The highest BCUT2D eigenvalue weighted by Crippen LogP contribution is 2.33. The van der Waals surface area contributed by atoms with Gasteiger partial charge in [-0.25, -0.2) is 13.1 Å². The number of carbonyl (C=O) groups is 1. The molecule has 0 aliphatic carbocycles. The van der Waals surface area contributed by atoms with Gasteiger partial charge in [-0.2, -0.15) is 0 Å². The fourth-order valence-electron chi connectivity index (χ4n) is 2.69. The highest BCUT2D eigenvalue weighted by Gasteiger charge is 2.22. The van der Waals surface area contributed by atoms with E-state index in [4.69, 9.17) is 39.5 Å². The predicted octanol–water partition coefficient (Wildman–Crippen LogP) is 5.39. The van der Waals surface area contributed by atoms with Crippen molar-refractivity contribution >= 4 is 56.4 Å². The largest absolute Gasteiger partial charge is 0.495 e. The highest BCUT2D eigenvalue weighted by molar-refractivity contribution is 7.89. The van der Waals surface area contributed by atoms with Crippen molar-refractivity contribution < 1.29 is 17.9 Å². The normalized spacial score (nSPS) is 11.2. The molecule has 6 nitrogen and oxygen atoms in total. The predicted molar refractivity (Wildman–Crippen MR) is 123 cm³/mol. The maximum absolute atomic E-state index is 12.9. The first-order chi connectivity index (χ1) is 14.7. The number of hydrogen-bond donors (Lipinski definition) is 2. The third-order valence-electron chi connectivity index (χ3n) is 4.28. The van der Waals surface area contributed by atoms with Gasteiger partial charge in [0.05, 0.1) is 27.9 Å². The monoisotopic (exact) mass is 498 g/mol. The fourth-order valence-corrected chi connectivity index (χ4v) is 4.50. The third-order valence-corrected chi connectivity index (χ3v) is 6.74. The van der Waals surface area contributed by atoms with Gasteiger partial charge in [-0.05, 0) is 35.9 Å². The summed E-state index contributed by atoms with van der Waals surface area (Å²) in [4.78, 5) is 12.6. The van der Waals surface area contributed by atoms with E-state index in [-0.39, 0.29) is 43.5 Å². The van der Waals surface area contributed by atoms with Crippen molar-refractivity contribution in [2.75, 3.05) is 12.4 Å². The van der Waals surface area contributed by atoms with E-state index < -0.39 is 15.9 Å². The van der Waals surface area contributed by atoms with Crippen molar-refractivity contribution in [3.05, 3.63) is 86.9 Å². The number of nitrogens with one attached hydrogen (secondary N) is 2. The molecule has 0 bridgehead atoms. The van der Waals surface area contributed by atoms with Gasteiger partial charge in [0.25, 0.3) is 5.91 Å². The van der Waals surface area contributed by atoms with Crippen LogP contribution in [0.25, 0.3) is 0 Å². The molecule has 0 saturated carbocycles. The summed E-state index contributed by atoms with van der Waals surface area (Å²) in [6.07, 6.45) is 0. The zero-order valence-corrected chi connectivity index (χ0v) is 19.2. The second-order valence-corrected chi connectivity index (χ2v) is 9.33. The number of rotatable bonds is 7. The van der Waals surface area contributed by atoms with Crippen LogP contribution in [0.3, 0.4) is 0 Å².